The van der Waals surface area contributed by atoms with Crippen molar-refractivity contribution < 1.29 is 0 Å². The van der Waals surface area contributed by atoms with Crippen LogP contribution in [0, 0.1) is 18.3 Å². The number of benzene rings is 1. The maximum Gasteiger partial charge on any atom is 0.102 e. The van der Waals surface area contributed by atoms with Gasteiger partial charge in [-0.15, -0.1) is 11.8 Å². The lowest BCUT2D eigenvalue weighted by Gasteiger charge is -2.05. The minimum absolute atomic E-state index is 0.600. The van der Waals surface area contributed by atoms with Gasteiger partial charge in [0.1, 0.15) is 6.07 Å². The van der Waals surface area contributed by atoms with E-state index in [1.54, 1.807) is 11.8 Å². The molecule has 62 valence electrons. The third-order valence-corrected chi connectivity index (χ3v) is 2.54. The van der Waals surface area contributed by atoms with Crippen LogP contribution >= 0.6 is 11.8 Å². The molecule has 0 fully saturated rings. The molecule has 0 saturated carbocycles. The van der Waals surface area contributed by atoms with Crippen LogP contribution < -0.4 is 5.73 Å². The Kier molecular flexibility index (Phi) is 2.61. The number of nitrogens with two attached hydrogens (primary N) is 1. The molecule has 0 unspecified atom stereocenters. The number of hydrogen-bond acceptors (Lipinski definition) is 3. The van der Waals surface area contributed by atoms with Gasteiger partial charge in [0.15, 0.2) is 0 Å². The Bertz CT molecular complexity index is 339. The first kappa shape index (κ1) is 8.95. The first-order chi connectivity index (χ1) is 5.70. The zero-order valence-corrected chi connectivity index (χ0v) is 7.90. The van der Waals surface area contributed by atoms with Crippen LogP contribution in [0.1, 0.15) is 11.1 Å². The van der Waals surface area contributed by atoms with Gasteiger partial charge >= 0.3 is 0 Å². The normalized spacial score (nSPS) is 9.42. The summed E-state index contributed by atoms with van der Waals surface area (Å²) in [5, 5.41) is 8.81. The summed E-state index contributed by atoms with van der Waals surface area (Å²) in [5.74, 6) is 0. The molecule has 1 rings (SSSR count). The SMILES string of the molecule is CSc1ccc(C)c(N)c1C#N. The molecule has 0 heterocycles. The lowest BCUT2D eigenvalue weighted by molar-refractivity contribution is 1.33. The topological polar surface area (TPSA) is 49.8 Å². The van der Waals surface area contributed by atoms with Crippen molar-refractivity contribution >= 4 is 17.4 Å². The number of thioether (sulfide) groups is 1. The molecule has 0 atom stereocenters. The van der Waals surface area contributed by atoms with E-state index in [-0.39, 0.29) is 0 Å². The van der Waals surface area contributed by atoms with Gasteiger partial charge in [-0.1, -0.05) is 6.07 Å². The Balaban J connectivity index is 3.38. The molecule has 0 aliphatic heterocycles. The molecule has 0 aliphatic carbocycles. The summed E-state index contributed by atoms with van der Waals surface area (Å²) in [6, 6.07) is 5.97. The molecule has 1 aromatic rings. The van der Waals surface area contributed by atoms with Gasteiger partial charge < -0.3 is 5.73 Å². The van der Waals surface area contributed by atoms with Gasteiger partial charge in [0, 0.05) is 4.90 Å². The Labute approximate surface area is 76.4 Å². The fourth-order valence-corrected chi connectivity index (χ4v) is 1.55. The molecule has 0 radical (unpaired) electrons. The van der Waals surface area contributed by atoms with Crippen LogP contribution in [0.15, 0.2) is 17.0 Å². The summed E-state index contributed by atoms with van der Waals surface area (Å²) in [5.41, 5.74) is 7.90. The Morgan fingerprint density at radius 1 is 1.50 bits per heavy atom. The number of rotatable bonds is 1. The Morgan fingerprint density at radius 3 is 2.67 bits per heavy atom. The van der Waals surface area contributed by atoms with Crippen molar-refractivity contribution in [2.24, 2.45) is 0 Å². The quantitative estimate of drug-likeness (QED) is 0.529. The van der Waals surface area contributed by atoms with Crippen molar-refractivity contribution in [3.8, 4) is 6.07 Å². The fraction of sp³-hybridized carbons (Fsp3) is 0.222. The standard InChI is InChI=1S/C9H10N2S/c1-6-3-4-8(12-2)7(5-10)9(6)11/h3-4H,11H2,1-2H3. The lowest BCUT2D eigenvalue weighted by Crippen LogP contribution is -1.95. The number of hydrogen-bond donors (Lipinski definition) is 1. The molecule has 0 aliphatic rings. The van der Waals surface area contributed by atoms with Gasteiger partial charge in [-0.2, -0.15) is 5.26 Å². The summed E-state index contributed by atoms with van der Waals surface area (Å²) in [7, 11) is 0. The molecule has 2 N–H and O–H groups in total. The van der Waals surface area contributed by atoms with Crippen molar-refractivity contribution in [1.82, 2.24) is 0 Å². The third-order valence-electron chi connectivity index (χ3n) is 1.76. The number of nitrogen functional groups attached to an aromatic ring is 1. The summed E-state index contributed by atoms with van der Waals surface area (Å²) in [6.45, 7) is 1.90. The predicted molar refractivity (Wildman–Crippen MR) is 52.1 cm³/mol. The maximum atomic E-state index is 8.81. The van der Waals surface area contributed by atoms with E-state index in [9.17, 15) is 0 Å². The smallest absolute Gasteiger partial charge is 0.102 e. The second-order valence-corrected chi connectivity index (χ2v) is 3.33. The highest BCUT2D eigenvalue weighted by atomic mass is 32.2. The van der Waals surface area contributed by atoms with Crippen LogP contribution in [0.5, 0.6) is 0 Å². The van der Waals surface area contributed by atoms with Crippen LogP contribution in [-0.4, -0.2) is 6.26 Å². The molecular formula is C9H10N2S. The third kappa shape index (κ3) is 1.39. The van der Waals surface area contributed by atoms with E-state index in [0.717, 1.165) is 10.5 Å². The molecule has 12 heavy (non-hydrogen) atoms. The van der Waals surface area contributed by atoms with Gasteiger partial charge in [-0.3, -0.25) is 0 Å². The van der Waals surface area contributed by atoms with Gasteiger partial charge in [0.25, 0.3) is 0 Å². The molecule has 0 spiro atoms. The van der Waals surface area contributed by atoms with E-state index in [4.69, 9.17) is 11.0 Å². The molecule has 0 bridgehead atoms. The molecule has 1 aromatic carbocycles. The van der Waals surface area contributed by atoms with Crippen molar-refractivity contribution in [1.29, 1.82) is 5.26 Å². The number of nitrogens with zero attached hydrogens (tertiary/aromatic N) is 1. The van der Waals surface area contributed by atoms with Crippen molar-refractivity contribution in [3.05, 3.63) is 23.3 Å². The first-order valence-electron chi connectivity index (χ1n) is 3.54. The van der Waals surface area contributed by atoms with Gasteiger partial charge in [-0.05, 0) is 24.8 Å². The zero-order valence-electron chi connectivity index (χ0n) is 7.09. The minimum Gasteiger partial charge on any atom is -0.397 e. The molecule has 0 aromatic heterocycles. The zero-order chi connectivity index (χ0) is 9.14. The van der Waals surface area contributed by atoms with Crippen LogP contribution in [0.25, 0.3) is 0 Å². The molecular weight excluding hydrogens is 168 g/mol. The highest BCUT2D eigenvalue weighted by molar-refractivity contribution is 7.98. The monoisotopic (exact) mass is 178 g/mol. The average Bonchev–Trinajstić information content (AvgIpc) is 2.09. The van der Waals surface area contributed by atoms with Crippen LogP contribution in [0.3, 0.4) is 0 Å². The summed E-state index contributed by atoms with van der Waals surface area (Å²) in [4.78, 5) is 0.945. The second kappa shape index (κ2) is 3.51. The lowest BCUT2D eigenvalue weighted by atomic mass is 10.1. The van der Waals surface area contributed by atoms with E-state index < -0.39 is 0 Å². The van der Waals surface area contributed by atoms with E-state index in [0.29, 0.717) is 11.3 Å². The minimum atomic E-state index is 0.600. The van der Waals surface area contributed by atoms with E-state index in [1.165, 1.54) is 0 Å². The number of aryl methyl sites for hydroxylation is 1. The first-order valence-corrected chi connectivity index (χ1v) is 4.76. The Morgan fingerprint density at radius 2 is 2.17 bits per heavy atom. The van der Waals surface area contributed by atoms with Gasteiger partial charge in [0.2, 0.25) is 0 Å². The predicted octanol–water partition coefficient (Wildman–Crippen LogP) is 2.17. The van der Waals surface area contributed by atoms with E-state index in [1.807, 2.05) is 25.3 Å². The average molecular weight is 178 g/mol. The van der Waals surface area contributed by atoms with E-state index in [2.05, 4.69) is 6.07 Å². The highest BCUT2D eigenvalue weighted by Crippen LogP contribution is 2.26. The van der Waals surface area contributed by atoms with Crippen molar-refractivity contribution in [2.45, 2.75) is 11.8 Å². The summed E-state index contributed by atoms with van der Waals surface area (Å²) < 4.78 is 0. The highest BCUT2D eigenvalue weighted by Gasteiger charge is 2.06. The summed E-state index contributed by atoms with van der Waals surface area (Å²) in [6.07, 6.45) is 1.94. The van der Waals surface area contributed by atoms with Gasteiger partial charge in [-0.25, -0.2) is 0 Å². The largest absolute Gasteiger partial charge is 0.397 e. The summed E-state index contributed by atoms with van der Waals surface area (Å²) >= 11 is 1.54. The maximum absolute atomic E-state index is 8.81. The molecule has 0 saturated heterocycles. The van der Waals surface area contributed by atoms with Crippen LogP contribution in [-0.2, 0) is 0 Å². The Hall–Kier alpha value is -1.14. The number of anilines is 1. The number of nitriles is 1. The van der Waals surface area contributed by atoms with Gasteiger partial charge in [0.05, 0.1) is 11.3 Å². The second-order valence-electron chi connectivity index (χ2n) is 2.49. The van der Waals surface area contributed by atoms with Crippen LogP contribution in [0.4, 0.5) is 5.69 Å². The molecule has 3 heteroatoms. The van der Waals surface area contributed by atoms with E-state index >= 15 is 0 Å². The molecule has 0 amide bonds. The van der Waals surface area contributed by atoms with Crippen molar-refractivity contribution in [2.75, 3.05) is 12.0 Å². The molecule has 2 nitrogen and oxygen atoms in total. The van der Waals surface area contributed by atoms with Crippen molar-refractivity contribution in [3.63, 3.8) is 0 Å². The van der Waals surface area contributed by atoms with Crippen LogP contribution in [0.2, 0.25) is 0 Å². The fourth-order valence-electron chi connectivity index (χ4n) is 0.989.